The first-order valence-electron chi connectivity index (χ1n) is 5.05. The number of amides is 1. The normalized spacial score (nSPS) is 13.6. The van der Waals surface area contributed by atoms with Gasteiger partial charge in [0.2, 0.25) is 5.91 Å². The second-order valence-corrected chi connectivity index (χ2v) is 4.58. The Labute approximate surface area is 97.3 Å². The highest BCUT2D eigenvalue weighted by Crippen LogP contribution is 2.29. The molecule has 0 radical (unpaired) electrons. The molecule has 0 aromatic carbocycles. The van der Waals surface area contributed by atoms with Crippen molar-refractivity contribution in [3.8, 4) is 0 Å². The van der Waals surface area contributed by atoms with Gasteiger partial charge in [0.15, 0.2) is 0 Å². The van der Waals surface area contributed by atoms with Gasteiger partial charge >= 0.3 is 5.51 Å². The van der Waals surface area contributed by atoms with E-state index in [0.717, 1.165) is 6.42 Å². The number of rotatable bonds is 7. The number of carbonyl (C=O) groups excluding carboxylic acids is 1. The van der Waals surface area contributed by atoms with Crippen molar-refractivity contribution in [2.75, 3.05) is 18.8 Å². The Morgan fingerprint density at radius 2 is 2.12 bits per heavy atom. The van der Waals surface area contributed by atoms with E-state index in [4.69, 9.17) is 5.73 Å². The average Bonchev–Trinajstić information content (AvgIpc) is 2.19. The third-order valence-electron chi connectivity index (χ3n) is 1.96. The van der Waals surface area contributed by atoms with Gasteiger partial charge in [0.25, 0.3) is 0 Å². The smallest absolute Gasteiger partial charge is 0.355 e. The molecular formula is C9H17F3N2OS. The van der Waals surface area contributed by atoms with Crippen LogP contribution in [0.15, 0.2) is 0 Å². The fourth-order valence-electron chi connectivity index (χ4n) is 1.07. The van der Waals surface area contributed by atoms with Gasteiger partial charge in [-0.1, -0.05) is 6.92 Å². The highest BCUT2D eigenvalue weighted by atomic mass is 32.2. The molecule has 0 aliphatic carbocycles. The summed E-state index contributed by atoms with van der Waals surface area (Å²) in [7, 11) is 0. The van der Waals surface area contributed by atoms with Crippen LogP contribution in [-0.2, 0) is 4.79 Å². The number of alkyl halides is 3. The van der Waals surface area contributed by atoms with Crippen molar-refractivity contribution < 1.29 is 18.0 Å². The minimum atomic E-state index is -4.23. The fraction of sp³-hybridized carbons (Fsp3) is 0.889. The Morgan fingerprint density at radius 1 is 1.50 bits per heavy atom. The molecule has 0 fully saturated rings. The number of nitrogens with two attached hydrogens (primary N) is 1. The van der Waals surface area contributed by atoms with Gasteiger partial charge in [0, 0.05) is 18.2 Å². The van der Waals surface area contributed by atoms with Crippen LogP contribution in [0.1, 0.15) is 19.8 Å². The third-order valence-corrected chi connectivity index (χ3v) is 2.69. The Balaban J connectivity index is 3.57. The zero-order valence-corrected chi connectivity index (χ0v) is 9.96. The molecule has 0 aromatic heterocycles. The summed E-state index contributed by atoms with van der Waals surface area (Å²) in [6.45, 7) is 2.29. The van der Waals surface area contributed by atoms with Crippen LogP contribution in [0.2, 0.25) is 0 Å². The van der Waals surface area contributed by atoms with E-state index in [9.17, 15) is 18.0 Å². The number of carbonyl (C=O) groups is 1. The molecule has 1 amide bonds. The first-order chi connectivity index (χ1) is 7.37. The van der Waals surface area contributed by atoms with Gasteiger partial charge in [-0.2, -0.15) is 13.2 Å². The lowest BCUT2D eigenvalue weighted by molar-refractivity contribution is -0.124. The zero-order chi connectivity index (χ0) is 12.6. The van der Waals surface area contributed by atoms with E-state index >= 15 is 0 Å². The SMILES string of the molecule is CC(CCCN)C(=O)NCCSC(F)(F)F. The predicted molar refractivity (Wildman–Crippen MR) is 59.0 cm³/mol. The molecule has 0 heterocycles. The summed E-state index contributed by atoms with van der Waals surface area (Å²) < 4.78 is 35.2. The van der Waals surface area contributed by atoms with Crippen molar-refractivity contribution in [2.24, 2.45) is 11.7 Å². The molecule has 0 saturated carbocycles. The fourth-order valence-corrected chi connectivity index (χ4v) is 1.51. The molecule has 0 aliphatic heterocycles. The molecule has 1 unspecified atom stereocenters. The summed E-state index contributed by atoms with van der Waals surface area (Å²) in [5, 5.41) is 2.46. The second kappa shape index (κ2) is 7.78. The standard InChI is InChI=1S/C9H17F3N2OS/c1-7(3-2-4-13)8(15)14-5-6-16-9(10,11)12/h7H,2-6,13H2,1H3,(H,14,15). The molecule has 0 rings (SSSR count). The monoisotopic (exact) mass is 258 g/mol. The minimum absolute atomic E-state index is 0.0377. The van der Waals surface area contributed by atoms with Crippen LogP contribution in [0, 0.1) is 5.92 Å². The van der Waals surface area contributed by atoms with Crippen molar-refractivity contribution in [2.45, 2.75) is 25.3 Å². The van der Waals surface area contributed by atoms with Crippen LogP contribution in [-0.4, -0.2) is 30.3 Å². The van der Waals surface area contributed by atoms with E-state index in [1.165, 1.54) is 0 Å². The first kappa shape index (κ1) is 15.6. The van der Waals surface area contributed by atoms with Crippen LogP contribution < -0.4 is 11.1 Å². The highest BCUT2D eigenvalue weighted by molar-refractivity contribution is 8.00. The van der Waals surface area contributed by atoms with Crippen molar-refractivity contribution in [3.63, 3.8) is 0 Å². The number of hydrogen-bond acceptors (Lipinski definition) is 3. The van der Waals surface area contributed by atoms with Crippen molar-refractivity contribution >= 4 is 17.7 Å². The second-order valence-electron chi connectivity index (χ2n) is 3.42. The van der Waals surface area contributed by atoms with Gasteiger partial charge in [-0.3, -0.25) is 4.79 Å². The van der Waals surface area contributed by atoms with Gasteiger partial charge in [-0.25, -0.2) is 0 Å². The summed E-state index contributed by atoms with van der Waals surface area (Å²) in [6, 6.07) is 0. The summed E-state index contributed by atoms with van der Waals surface area (Å²) in [4.78, 5) is 11.3. The zero-order valence-electron chi connectivity index (χ0n) is 9.14. The van der Waals surface area contributed by atoms with Gasteiger partial charge in [0.1, 0.15) is 0 Å². The number of nitrogens with one attached hydrogen (secondary N) is 1. The average molecular weight is 258 g/mol. The molecule has 0 saturated heterocycles. The van der Waals surface area contributed by atoms with Gasteiger partial charge < -0.3 is 11.1 Å². The molecule has 1 atom stereocenters. The molecule has 0 aromatic rings. The van der Waals surface area contributed by atoms with E-state index in [0.29, 0.717) is 13.0 Å². The van der Waals surface area contributed by atoms with Crippen LogP contribution in [0.5, 0.6) is 0 Å². The van der Waals surface area contributed by atoms with E-state index in [1.807, 2.05) is 0 Å². The van der Waals surface area contributed by atoms with E-state index in [2.05, 4.69) is 5.32 Å². The molecule has 16 heavy (non-hydrogen) atoms. The van der Waals surface area contributed by atoms with Crippen molar-refractivity contribution in [1.82, 2.24) is 5.32 Å². The van der Waals surface area contributed by atoms with Gasteiger partial charge in [0.05, 0.1) is 0 Å². The van der Waals surface area contributed by atoms with Crippen LogP contribution in [0.4, 0.5) is 13.2 Å². The van der Waals surface area contributed by atoms with E-state index < -0.39 is 5.51 Å². The molecule has 0 bridgehead atoms. The lowest BCUT2D eigenvalue weighted by Crippen LogP contribution is -2.31. The summed E-state index contributed by atoms with van der Waals surface area (Å²) >= 11 is -0.130. The predicted octanol–water partition coefficient (Wildman–Crippen LogP) is 1.73. The Kier molecular flexibility index (Phi) is 7.57. The molecule has 0 aliphatic rings. The van der Waals surface area contributed by atoms with Gasteiger partial charge in [-0.15, -0.1) is 0 Å². The first-order valence-corrected chi connectivity index (χ1v) is 6.04. The van der Waals surface area contributed by atoms with Crippen LogP contribution in [0.3, 0.4) is 0 Å². The molecule has 3 N–H and O–H groups in total. The Bertz CT molecular complexity index is 211. The molecule has 3 nitrogen and oxygen atoms in total. The number of thioether (sulfide) groups is 1. The van der Waals surface area contributed by atoms with Crippen LogP contribution in [0.25, 0.3) is 0 Å². The summed E-state index contributed by atoms with van der Waals surface area (Å²) in [5.74, 6) is -0.561. The maximum atomic E-state index is 11.7. The van der Waals surface area contributed by atoms with Crippen molar-refractivity contribution in [1.29, 1.82) is 0 Å². The Morgan fingerprint density at radius 3 is 2.62 bits per heavy atom. The van der Waals surface area contributed by atoms with E-state index in [-0.39, 0.29) is 35.9 Å². The minimum Gasteiger partial charge on any atom is -0.355 e. The molecular weight excluding hydrogens is 241 g/mol. The van der Waals surface area contributed by atoms with Crippen molar-refractivity contribution in [3.05, 3.63) is 0 Å². The molecule has 0 spiro atoms. The molecule has 96 valence electrons. The number of hydrogen-bond donors (Lipinski definition) is 2. The maximum absolute atomic E-state index is 11.7. The lowest BCUT2D eigenvalue weighted by Gasteiger charge is -2.11. The quantitative estimate of drug-likeness (QED) is 0.684. The third kappa shape index (κ3) is 8.84. The summed E-state index contributed by atoms with van der Waals surface area (Å²) in [5.41, 5.74) is 1.06. The lowest BCUT2D eigenvalue weighted by atomic mass is 10.1. The van der Waals surface area contributed by atoms with Gasteiger partial charge in [-0.05, 0) is 31.1 Å². The Hall–Kier alpha value is -0.430. The van der Waals surface area contributed by atoms with E-state index in [1.54, 1.807) is 6.92 Å². The number of halogens is 3. The topological polar surface area (TPSA) is 55.1 Å². The largest absolute Gasteiger partial charge is 0.441 e. The van der Waals surface area contributed by atoms with Crippen LogP contribution >= 0.6 is 11.8 Å². The highest BCUT2D eigenvalue weighted by Gasteiger charge is 2.27. The summed E-state index contributed by atoms with van der Waals surface area (Å²) in [6.07, 6.45) is 1.40. The molecule has 7 heteroatoms. The maximum Gasteiger partial charge on any atom is 0.441 e.